The molecule has 1 saturated carbocycles. The average molecular weight is 363 g/mol. The van der Waals surface area contributed by atoms with Crippen LogP contribution in [0.15, 0.2) is 42.5 Å². The molecule has 1 amide bonds. The molecule has 0 aromatic heterocycles. The van der Waals surface area contributed by atoms with Gasteiger partial charge in [0, 0.05) is 16.7 Å². The van der Waals surface area contributed by atoms with Gasteiger partial charge in [0.05, 0.1) is 18.8 Å². The monoisotopic (exact) mass is 363 g/mol. The number of ether oxygens (including phenoxy) is 2. The van der Waals surface area contributed by atoms with Crippen molar-refractivity contribution in [1.82, 2.24) is 0 Å². The Bertz CT molecular complexity index is 859. The first kappa shape index (κ1) is 16.8. The second-order valence-electron chi connectivity index (χ2n) is 6.77. The van der Waals surface area contributed by atoms with E-state index in [0.717, 1.165) is 25.0 Å². The third-order valence-corrected chi connectivity index (χ3v) is 4.68. The van der Waals surface area contributed by atoms with Gasteiger partial charge in [-0.15, -0.1) is 0 Å². The van der Waals surface area contributed by atoms with Crippen LogP contribution >= 0.6 is 0 Å². The van der Waals surface area contributed by atoms with E-state index < -0.39 is 17.6 Å². The van der Waals surface area contributed by atoms with Crippen LogP contribution in [0.1, 0.15) is 28.8 Å². The average Bonchev–Trinajstić information content (AvgIpc) is 3.41. The van der Waals surface area contributed by atoms with E-state index in [0.29, 0.717) is 24.7 Å². The summed E-state index contributed by atoms with van der Waals surface area (Å²) in [6, 6.07) is 9.29. The van der Waals surface area contributed by atoms with Crippen molar-refractivity contribution in [3.8, 4) is 11.5 Å². The van der Waals surface area contributed by atoms with E-state index in [1.54, 1.807) is 18.2 Å². The standard InChI is InChI=1S/C19H16F3NO3/c20-19(21,22)13-2-1-3-14(9-13)23-17(24)12-4-5-15-16(8-12)26-11-18(6-7-18)10-25-15/h1-5,8-9H,6-7,10-11H2,(H,23,24). The molecule has 0 radical (unpaired) electrons. The second-order valence-corrected chi connectivity index (χ2v) is 6.77. The number of alkyl halides is 3. The highest BCUT2D eigenvalue weighted by Gasteiger charge is 2.46. The Labute approximate surface area is 147 Å². The Kier molecular flexibility index (Phi) is 3.82. The Morgan fingerprint density at radius 2 is 1.73 bits per heavy atom. The van der Waals surface area contributed by atoms with Crippen molar-refractivity contribution in [2.45, 2.75) is 19.0 Å². The summed E-state index contributed by atoms with van der Waals surface area (Å²) < 4.78 is 49.9. The van der Waals surface area contributed by atoms with Crippen LogP contribution in [0.3, 0.4) is 0 Å². The first-order chi connectivity index (χ1) is 12.3. The van der Waals surface area contributed by atoms with E-state index in [-0.39, 0.29) is 16.7 Å². The molecule has 0 saturated heterocycles. The van der Waals surface area contributed by atoms with E-state index in [9.17, 15) is 18.0 Å². The zero-order valence-electron chi connectivity index (χ0n) is 13.7. The second kappa shape index (κ2) is 5.93. The van der Waals surface area contributed by atoms with Gasteiger partial charge in [0.2, 0.25) is 0 Å². The molecule has 4 nitrogen and oxygen atoms in total. The highest BCUT2D eigenvalue weighted by molar-refractivity contribution is 6.04. The third kappa shape index (κ3) is 3.34. The van der Waals surface area contributed by atoms with Gasteiger partial charge >= 0.3 is 6.18 Å². The van der Waals surface area contributed by atoms with Gasteiger partial charge in [-0.2, -0.15) is 13.2 Å². The molecule has 4 rings (SSSR count). The largest absolute Gasteiger partial charge is 0.489 e. The minimum Gasteiger partial charge on any atom is -0.489 e. The smallest absolute Gasteiger partial charge is 0.416 e. The maximum atomic E-state index is 12.8. The number of hydrogen-bond acceptors (Lipinski definition) is 3. The number of carbonyl (C=O) groups is 1. The van der Waals surface area contributed by atoms with Crippen LogP contribution in [0.5, 0.6) is 11.5 Å². The van der Waals surface area contributed by atoms with Crippen molar-refractivity contribution in [3.63, 3.8) is 0 Å². The highest BCUT2D eigenvalue weighted by atomic mass is 19.4. The molecule has 2 aliphatic rings. The summed E-state index contributed by atoms with van der Waals surface area (Å²) in [7, 11) is 0. The molecule has 0 bridgehead atoms. The number of carbonyl (C=O) groups excluding carboxylic acids is 1. The van der Waals surface area contributed by atoms with Crippen molar-refractivity contribution in [2.24, 2.45) is 5.41 Å². The SMILES string of the molecule is O=C(Nc1cccc(C(F)(F)F)c1)c1ccc2c(c1)OCC1(CC1)CO2. The van der Waals surface area contributed by atoms with Gasteiger partial charge in [-0.05, 0) is 49.2 Å². The molecule has 1 heterocycles. The predicted octanol–water partition coefficient (Wildman–Crippen LogP) is 4.51. The number of rotatable bonds is 2. The predicted molar refractivity (Wildman–Crippen MR) is 88.5 cm³/mol. The molecule has 2 aromatic rings. The minimum atomic E-state index is -4.46. The molecule has 1 spiro atoms. The molecule has 26 heavy (non-hydrogen) atoms. The van der Waals surface area contributed by atoms with Crippen LogP contribution in [0, 0.1) is 5.41 Å². The fraction of sp³-hybridized carbons (Fsp3) is 0.316. The maximum absolute atomic E-state index is 12.8. The van der Waals surface area contributed by atoms with Crippen LogP contribution in [-0.4, -0.2) is 19.1 Å². The fourth-order valence-electron chi connectivity index (χ4n) is 2.83. The van der Waals surface area contributed by atoms with Gasteiger partial charge in [-0.25, -0.2) is 0 Å². The summed E-state index contributed by atoms with van der Waals surface area (Å²) in [5.74, 6) is 0.538. The third-order valence-electron chi connectivity index (χ3n) is 4.68. The molecule has 136 valence electrons. The van der Waals surface area contributed by atoms with Crippen molar-refractivity contribution in [1.29, 1.82) is 0 Å². The van der Waals surface area contributed by atoms with Gasteiger partial charge in [0.25, 0.3) is 5.91 Å². The molecule has 0 atom stereocenters. The summed E-state index contributed by atoms with van der Waals surface area (Å²) in [6.45, 7) is 1.13. The normalized spacial score (nSPS) is 17.5. The Hall–Kier alpha value is -2.70. The molecule has 7 heteroatoms. The molecular weight excluding hydrogens is 347 g/mol. The summed E-state index contributed by atoms with van der Waals surface area (Å²) in [5, 5.41) is 2.49. The molecule has 1 aliphatic carbocycles. The zero-order chi connectivity index (χ0) is 18.4. The summed E-state index contributed by atoms with van der Waals surface area (Å²) in [5.41, 5.74) is -0.367. The quantitative estimate of drug-likeness (QED) is 0.854. The van der Waals surface area contributed by atoms with Crippen molar-refractivity contribution in [2.75, 3.05) is 18.5 Å². The van der Waals surface area contributed by atoms with Crippen LogP contribution in [-0.2, 0) is 6.18 Å². The molecule has 1 fully saturated rings. The lowest BCUT2D eigenvalue weighted by molar-refractivity contribution is -0.137. The minimum absolute atomic E-state index is 0.0777. The summed E-state index contributed by atoms with van der Waals surface area (Å²) >= 11 is 0. The summed E-state index contributed by atoms with van der Waals surface area (Å²) in [4.78, 5) is 12.4. The van der Waals surface area contributed by atoms with Crippen LogP contribution in [0.4, 0.5) is 18.9 Å². The maximum Gasteiger partial charge on any atom is 0.416 e. The van der Waals surface area contributed by atoms with E-state index in [4.69, 9.17) is 9.47 Å². The Balaban J connectivity index is 1.52. The molecular formula is C19H16F3NO3. The van der Waals surface area contributed by atoms with Crippen molar-refractivity contribution in [3.05, 3.63) is 53.6 Å². The van der Waals surface area contributed by atoms with Gasteiger partial charge in [-0.3, -0.25) is 4.79 Å². The van der Waals surface area contributed by atoms with E-state index in [1.165, 1.54) is 12.1 Å². The molecule has 1 N–H and O–H groups in total. The van der Waals surface area contributed by atoms with E-state index in [2.05, 4.69) is 5.32 Å². The van der Waals surface area contributed by atoms with Crippen molar-refractivity contribution >= 4 is 11.6 Å². The lowest BCUT2D eigenvalue weighted by Gasteiger charge is -2.11. The van der Waals surface area contributed by atoms with E-state index >= 15 is 0 Å². The molecule has 2 aromatic carbocycles. The number of fused-ring (bicyclic) bond motifs is 1. The number of halogens is 3. The van der Waals surface area contributed by atoms with Crippen LogP contribution in [0.2, 0.25) is 0 Å². The molecule has 0 unspecified atom stereocenters. The number of benzene rings is 2. The van der Waals surface area contributed by atoms with Gasteiger partial charge in [-0.1, -0.05) is 6.07 Å². The van der Waals surface area contributed by atoms with Crippen molar-refractivity contribution < 1.29 is 27.4 Å². The van der Waals surface area contributed by atoms with Crippen LogP contribution in [0.25, 0.3) is 0 Å². The number of amides is 1. The number of nitrogens with one attached hydrogen (secondary N) is 1. The van der Waals surface area contributed by atoms with Crippen LogP contribution < -0.4 is 14.8 Å². The number of hydrogen-bond donors (Lipinski definition) is 1. The lowest BCUT2D eigenvalue weighted by Crippen LogP contribution is -2.17. The number of anilines is 1. The molecule has 1 aliphatic heterocycles. The fourth-order valence-corrected chi connectivity index (χ4v) is 2.83. The lowest BCUT2D eigenvalue weighted by atomic mass is 10.1. The van der Waals surface area contributed by atoms with Gasteiger partial charge < -0.3 is 14.8 Å². The van der Waals surface area contributed by atoms with Gasteiger partial charge in [0.15, 0.2) is 11.5 Å². The Morgan fingerprint density at radius 3 is 2.42 bits per heavy atom. The van der Waals surface area contributed by atoms with Gasteiger partial charge in [0.1, 0.15) is 0 Å². The first-order valence-electron chi connectivity index (χ1n) is 8.23. The Morgan fingerprint density at radius 1 is 1.00 bits per heavy atom. The zero-order valence-corrected chi connectivity index (χ0v) is 13.7. The summed E-state index contributed by atoms with van der Waals surface area (Å²) in [6.07, 6.45) is -2.34. The topological polar surface area (TPSA) is 47.6 Å². The highest BCUT2D eigenvalue weighted by Crippen LogP contribution is 2.49. The van der Waals surface area contributed by atoms with E-state index in [1.807, 2.05) is 0 Å². The first-order valence-corrected chi connectivity index (χ1v) is 8.23.